The lowest BCUT2D eigenvalue weighted by Crippen LogP contribution is -2.57. The molecular formula is C11H27NSi. The third kappa shape index (κ3) is 2.56. The van der Waals surface area contributed by atoms with Gasteiger partial charge in [-0.2, -0.15) is 0 Å². The first-order valence-electron chi connectivity index (χ1n) is 5.50. The molecule has 0 aromatic heterocycles. The van der Waals surface area contributed by atoms with Crippen LogP contribution in [0.1, 0.15) is 48.0 Å². The van der Waals surface area contributed by atoms with E-state index < -0.39 is 8.24 Å². The third-order valence-corrected chi connectivity index (χ3v) is 10.2. The first kappa shape index (κ1) is 13.2. The van der Waals surface area contributed by atoms with E-state index in [-0.39, 0.29) is 0 Å². The average Bonchev–Trinajstić information content (AvgIpc) is 1.96. The molecule has 0 aromatic rings. The fraction of sp³-hybridized carbons (Fsp3) is 1.00. The van der Waals surface area contributed by atoms with Gasteiger partial charge in [-0.05, 0) is 23.7 Å². The highest BCUT2D eigenvalue weighted by Crippen LogP contribution is 2.44. The highest BCUT2D eigenvalue weighted by atomic mass is 28.3. The Morgan fingerprint density at radius 3 is 1.77 bits per heavy atom. The van der Waals surface area contributed by atoms with Gasteiger partial charge >= 0.3 is 0 Å². The molecule has 0 spiro atoms. The second-order valence-electron chi connectivity index (χ2n) is 5.38. The summed E-state index contributed by atoms with van der Waals surface area (Å²) in [5, 5.41) is 0.464. The molecule has 0 aliphatic heterocycles. The van der Waals surface area contributed by atoms with Crippen molar-refractivity contribution < 1.29 is 0 Å². The molecule has 0 aliphatic rings. The van der Waals surface area contributed by atoms with Gasteiger partial charge in [-0.3, -0.25) is 0 Å². The van der Waals surface area contributed by atoms with Crippen LogP contribution in [0.15, 0.2) is 0 Å². The maximum absolute atomic E-state index is 3.69. The van der Waals surface area contributed by atoms with Crippen molar-refractivity contribution in [2.24, 2.45) is 0 Å². The van der Waals surface area contributed by atoms with E-state index in [2.05, 4.69) is 53.6 Å². The summed E-state index contributed by atoms with van der Waals surface area (Å²) in [6.45, 7) is 14.2. The van der Waals surface area contributed by atoms with Gasteiger partial charge in [0.15, 0.2) is 0 Å². The largest absolute Gasteiger partial charge is 0.339 e. The molecule has 0 fully saturated rings. The van der Waals surface area contributed by atoms with Crippen LogP contribution in [0.4, 0.5) is 0 Å². The van der Waals surface area contributed by atoms with E-state index in [0.717, 1.165) is 5.54 Å². The van der Waals surface area contributed by atoms with E-state index in [1.54, 1.807) is 0 Å². The van der Waals surface area contributed by atoms with Gasteiger partial charge in [0.1, 0.15) is 8.24 Å². The fourth-order valence-corrected chi connectivity index (χ4v) is 8.14. The summed E-state index contributed by atoms with van der Waals surface area (Å²) in [6.07, 6.45) is 1.31. The van der Waals surface area contributed by atoms with E-state index in [9.17, 15) is 0 Å². The van der Waals surface area contributed by atoms with Crippen molar-refractivity contribution in [2.45, 2.75) is 64.6 Å². The van der Waals surface area contributed by atoms with Gasteiger partial charge in [0.2, 0.25) is 0 Å². The van der Waals surface area contributed by atoms with E-state index in [1.165, 1.54) is 12.5 Å². The van der Waals surface area contributed by atoms with Crippen LogP contribution in [-0.2, 0) is 0 Å². The van der Waals surface area contributed by atoms with Gasteiger partial charge in [-0.15, -0.1) is 0 Å². The summed E-state index contributed by atoms with van der Waals surface area (Å²) in [4.78, 5) is 3.69. The van der Waals surface area contributed by atoms with Crippen LogP contribution in [0.3, 0.4) is 0 Å². The summed E-state index contributed by atoms with van der Waals surface area (Å²) >= 11 is 0. The number of hydrogen-bond donors (Lipinski definition) is 1. The van der Waals surface area contributed by atoms with Crippen LogP contribution in [0.2, 0.25) is 16.6 Å². The van der Waals surface area contributed by atoms with Gasteiger partial charge in [0.25, 0.3) is 0 Å². The maximum Gasteiger partial charge on any atom is 0.133 e. The standard InChI is InChI=1S/C11H27NSi/c1-8-9-13(12-7,10(2)3)11(4,5)6/h10,12H,8-9H2,1-7H3. The predicted octanol–water partition coefficient (Wildman–Crippen LogP) is 3.77. The highest BCUT2D eigenvalue weighted by molar-refractivity contribution is 6.81. The van der Waals surface area contributed by atoms with Crippen molar-refractivity contribution in [1.29, 1.82) is 0 Å². The molecule has 0 heterocycles. The second-order valence-corrected chi connectivity index (χ2v) is 11.0. The summed E-state index contributed by atoms with van der Waals surface area (Å²) in [5.74, 6) is 0. The monoisotopic (exact) mass is 201 g/mol. The molecule has 0 rings (SSSR count). The lowest BCUT2D eigenvalue weighted by Gasteiger charge is -2.46. The minimum Gasteiger partial charge on any atom is -0.339 e. The topological polar surface area (TPSA) is 12.0 Å². The Hall–Kier alpha value is 0.177. The average molecular weight is 201 g/mol. The molecule has 0 aliphatic carbocycles. The summed E-state index contributed by atoms with van der Waals surface area (Å²) in [5.41, 5.74) is 0.817. The molecule has 1 N–H and O–H groups in total. The van der Waals surface area contributed by atoms with Crippen LogP contribution in [0, 0.1) is 0 Å². The minimum absolute atomic E-state index is 0.464. The molecule has 1 nitrogen and oxygen atoms in total. The number of nitrogens with one attached hydrogen (secondary N) is 1. The Labute approximate surface area is 85.4 Å². The SMILES string of the molecule is CCC[Si](NC)(C(C)C)C(C)(C)C. The Kier molecular flexibility index (Phi) is 4.67. The van der Waals surface area contributed by atoms with Crippen LogP contribution in [0.25, 0.3) is 0 Å². The predicted molar refractivity (Wildman–Crippen MR) is 64.7 cm³/mol. The van der Waals surface area contributed by atoms with Gasteiger partial charge in [0.05, 0.1) is 0 Å². The molecule has 13 heavy (non-hydrogen) atoms. The van der Waals surface area contributed by atoms with Gasteiger partial charge < -0.3 is 4.98 Å². The van der Waals surface area contributed by atoms with Crippen molar-refractivity contribution in [3.05, 3.63) is 0 Å². The molecule has 0 radical (unpaired) electrons. The summed E-state index contributed by atoms with van der Waals surface area (Å²) < 4.78 is 0. The molecule has 0 aromatic carbocycles. The Bertz CT molecular complexity index is 149. The fourth-order valence-electron chi connectivity index (χ4n) is 2.71. The molecule has 0 saturated heterocycles. The van der Waals surface area contributed by atoms with E-state index >= 15 is 0 Å². The normalized spacial score (nSPS) is 17.5. The zero-order chi connectivity index (χ0) is 10.7. The zero-order valence-electron chi connectivity index (χ0n) is 10.5. The van der Waals surface area contributed by atoms with Crippen LogP contribution >= 0.6 is 0 Å². The Morgan fingerprint density at radius 2 is 1.69 bits per heavy atom. The first-order valence-corrected chi connectivity index (χ1v) is 7.79. The van der Waals surface area contributed by atoms with E-state index in [0.29, 0.717) is 5.04 Å². The molecule has 0 amide bonds. The van der Waals surface area contributed by atoms with Gasteiger partial charge in [-0.25, -0.2) is 0 Å². The van der Waals surface area contributed by atoms with Crippen molar-refractivity contribution in [3.8, 4) is 0 Å². The molecular weight excluding hydrogens is 174 g/mol. The Morgan fingerprint density at radius 1 is 1.23 bits per heavy atom. The molecule has 1 atom stereocenters. The van der Waals surface area contributed by atoms with Gasteiger partial charge in [-0.1, -0.05) is 48.0 Å². The summed E-state index contributed by atoms with van der Waals surface area (Å²) in [6, 6.07) is 1.39. The number of hydrogen-bond acceptors (Lipinski definition) is 1. The first-order chi connectivity index (χ1) is 5.81. The van der Waals surface area contributed by atoms with Crippen molar-refractivity contribution in [2.75, 3.05) is 7.05 Å². The Balaban J connectivity index is 4.87. The van der Waals surface area contributed by atoms with E-state index in [4.69, 9.17) is 0 Å². The highest BCUT2D eigenvalue weighted by Gasteiger charge is 2.44. The second kappa shape index (κ2) is 4.60. The summed E-state index contributed by atoms with van der Waals surface area (Å²) in [7, 11) is 0.861. The van der Waals surface area contributed by atoms with Crippen molar-refractivity contribution >= 4 is 8.24 Å². The zero-order valence-corrected chi connectivity index (χ0v) is 11.5. The lowest BCUT2D eigenvalue weighted by molar-refractivity contribution is 0.650. The minimum atomic E-state index is -1.30. The quantitative estimate of drug-likeness (QED) is 0.683. The van der Waals surface area contributed by atoms with Crippen LogP contribution < -0.4 is 4.98 Å². The van der Waals surface area contributed by atoms with Crippen molar-refractivity contribution in [1.82, 2.24) is 4.98 Å². The van der Waals surface area contributed by atoms with Gasteiger partial charge in [0, 0.05) is 0 Å². The lowest BCUT2D eigenvalue weighted by atomic mass is 10.2. The van der Waals surface area contributed by atoms with E-state index in [1.807, 2.05) is 0 Å². The number of rotatable bonds is 4. The molecule has 0 bridgehead atoms. The van der Waals surface area contributed by atoms with Crippen molar-refractivity contribution in [3.63, 3.8) is 0 Å². The third-order valence-electron chi connectivity index (χ3n) is 3.41. The molecule has 2 heteroatoms. The maximum atomic E-state index is 3.69. The van der Waals surface area contributed by atoms with Crippen LogP contribution in [0.5, 0.6) is 0 Å². The smallest absolute Gasteiger partial charge is 0.133 e. The molecule has 0 saturated carbocycles. The molecule has 80 valence electrons. The molecule has 1 unspecified atom stereocenters. The van der Waals surface area contributed by atoms with Crippen LogP contribution in [-0.4, -0.2) is 15.3 Å².